The lowest BCUT2D eigenvalue weighted by atomic mass is 9.87. The van der Waals surface area contributed by atoms with Crippen LogP contribution in [0.5, 0.6) is 0 Å². The van der Waals surface area contributed by atoms with Crippen LogP contribution in [0, 0.1) is 12.8 Å². The van der Waals surface area contributed by atoms with Crippen molar-refractivity contribution in [2.45, 2.75) is 45.3 Å². The van der Waals surface area contributed by atoms with Gasteiger partial charge < -0.3 is 14.0 Å². The smallest absolute Gasteiger partial charge is 0.308 e. The Morgan fingerprint density at radius 3 is 2.53 bits per heavy atom. The van der Waals surface area contributed by atoms with Gasteiger partial charge in [-0.2, -0.15) is 0 Å². The number of aromatic nitrogens is 3. The molecule has 0 radical (unpaired) electrons. The van der Waals surface area contributed by atoms with Crippen LogP contribution in [0.25, 0.3) is 0 Å². The molecule has 1 aliphatic carbocycles. The average molecular weight is 267 g/mol. The topological polar surface area (TPSA) is 66.2 Å². The predicted molar refractivity (Wildman–Crippen MR) is 68.3 cm³/mol. The van der Waals surface area contributed by atoms with Crippen molar-refractivity contribution >= 4 is 5.97 Å². The predicted octanol–water partition coefficient (Wildman–Crippen LogP) is 1.37. The summed E-state index contributed by atoms with van der Waals surface area (Å²) in [5.41, 5.74) is 0. The number of hydrogen-bond acceptors (Lipinski definition) is 5. The number of carbonyl (C=O) groups excluding carboxylic acids is 1. The molecule has 0 amide bonds. The Bertz CT molecular complexity index is 436. The van der Waals surface area contributed by atoms with Crippen LogP contribution in [0.2, 0.25) is 0 Å². The van der Waals surface area contributed by atoms with Gasteiger partial charge in [0.15, 0.2) is 5.82 Å². The highest BCUT2D eigenvalue weighted by Crippen LogP contribution is 2.27. The average Bonchev–Trinajstić information content (AvgIpc) is 2.76. The second kappa shape index (κ2) is 6.14. The molecule has 0 unspecified atom stereocenters. The molecular formula is C13H21N3O3. The van der Waals surface area contributed by atoms with Gasteiger partial charge in [0.2, 0.25) is 0 Å². The van der Waals surface area contributed by atoms with Crippen LogP contribution >= 0.6 is 0 Å². The summed E-state index contributed by atoms with van der Waals surface area (Å²) in [6, 6.07) is 0. The Hall–Kier alpha value is -1.43. The maximum absolute atomic E-state index is 11.4. The Morgan fingerprint density at radius 1 is 1.32 bits per heavy atom. The van der Waals surface area contributed by atoms with Gasteiger partial charge in [-0.3, -0.25) is 4.79 Å². The fourth-order valence-corrected chi connectivity index (χ4v) is 2.40. The van der Waals surface area contributed by atoms with Crippen molar-refractivity contribution in [3.63, 3.8) is 0 Å². The van der Waals surface area contributed by atoms with Crippen LogP contribution in [-0.4, -0.2) is 33.9 Å². The first-order chi connectivity index (χ1) is 9.11. The number of carbonyl (C=O) groups is 1. The lowest BCUT2D eigenvalue weighted by molar-refractivity contribution is -0.147. The minimum Gasteiger partial charge on any atom is -0.469 e. The summed E-state index contributed by atoms with van der Waals surface area (Å²) in [4.78, 5) is 11.4. The number of aryl methyl sites for hydroxylation is 1. The lowest BCUT2D eigenvalue weighted by Crippen LogP contribution is -2.27. The Labute approximate surface area is 113 Å². The number of esters is 1. The molecule has 0 atom stereocenters. The van der Waals surface area contributed by atoms with Gasteiger partial charge in [-0.05, 0) is 32.6 Å². The van der Waals surface area contributed by atoms with Crippen LogP contribution in [0.3, 0.4) is 0 Å². The summed E-state index contributed by atoms with van der Waals surface area (Å²) in [6.07, 6.45) is 3.69. The molecule has 1 aromatic heterocycles. The highest BCUT2D eigenvalue weighted by molar-refractivity contribution is 5.72. The summed E-state index contributed by atoms with van der Waals surface area (Å²) in [7, 11) is 3.38. The molecule has 1 saturated carbocycles. The van der Waals surface area contributed by atoms with Gasteiger partial charge in [0.1, 0.15) is 12.4 Å². The minimum absolute atomic E-state index is 0.0434. The van der Waals surface area contributed by atoms with Gasteiger partial charge in [0.05, 0.1) is 19.1 Å². The summed E-state index contributed by atoms with van der Waals surface area (Å²) < 4.78 is 12.6. The first-order valence-electron chi connectivity index (χ1n) is 6.66. The van der Waals surface area contributed by atoms with Crippen molar-refractivity contribution in [3.05, 3.63) is 11.6 Å². The Balaban J connectivity index is 1.77. The second-order valence-corrected chi connectivity index (χ2v) is 5.03. The monoisotopic (exact) mass is 267 g/mol. The van der Waals surface area contributed by atoms with E-state index in [0.717, 1.165) is 37.3 Å². The van der Waals surface area contributed by atoms with E-state index < -0.39 is 0 Å². The summed E-state index contributed by atoms with van der Waals surface area (Å²) in [5, 5.41) is 8.07. The van der Waals surface area contributed by atoms with Crippen molar-refractivity contribution < 1.29 is 14.3 Å². The maximum Gasteiger partial charge on any atom is 0.308 e. The molecule has 1 aliphatic rings. The third-order valence-corrected chi connectivity index (χ3v) is 3.84. The SMILES string of the molecule is COC(=O)C1CCC(OCc2nnc(C)n2C)CC1. The van der Waals surface area contributed by atoms with Gasteiger partial charge in [-0.1, -0.05) is 0 Å². The zero-order valence-electron chi connectivity index (χ0n) is 11.8. The molecule has 106 valence electrons. The van der Waals surface area contributed by atoms with E-state index in [1.165, 1.54) is 7.11 Å². The highest BCUT2D eigenvalue weighted by Gasteiger charge is 2.27. The molecule has 0 saturated heterocycles. The van der Waals surface area contributed by atoms with Crippen LogP contribution in [0.4, 0.5) is 0 Å². The second-order valence-electron chi connectivity index (χ2n) is 5.03. The van der Waals surface area contributed by atoms with E-state index in [1.54, 1.807) is 0 Å². The van der Waals surface area contributed by atoms with Crippen molar-refractivity contribution in [2.24, 2.45) is 13.0 Å². The van der Waals surface area contributed by atoms with E-state index >= 15 is 0 Å². The fraction of sp³-hybridized carbons (Fsp3) is 0.769. The highest BCUT2D eigenvalue weighted by atomic mass is 16.5. The maximum atomic E-state index is 11.4. The molecule has 1 fully saturated rings. The van der Waals surface area contributed by atoms with Crippen molar-refractivity contribution in [3.8, 4) is 0 Å². The van der Waals surface area contributed by atoms with Gasteiger partial charge >= 0.3 is 5.97 Å². The molecule has 0 aliphatic heterocycles. The van der Waals surface area contributed by atoms with E-state index in [4.69, 9.17) is 9.47 Å². The molecule has 1 heterocycles. The zero-order chi connectivity index (χ0) is 13.8. The summed E-state index contributed by atoms with van der Waals surface area (Å²) >= 11 is 0. The van der Waals surface area contributed by atoms with E-state index in [-0.39, 0.29) is 18.0 Å². The van der Waals surface area contributed by atoms with Gasteiger partial charge in [-0.25, -0.2) is 0 Å². The molecule has 6 nitrogen and oxygen atoms in total. The largest absolute Gasteiger partial charge is 0.469 e. The fourth-order valence-electron chi connectivity index (χ4n) is 2.40. The van der Waals surface area contributed by atoms with E-state index in [9.17, 15) is 4.79 Å². The minimum atomic E-state index is -0.0950. The Kier molecular flexibility index (Phi) is 4.52. The third-order valence-electron chi connectivity index (χ3n) is 3.84. The molecular weight excluding hydrogens is 246 g/mol. The van der Waals surface area contributed by atoms with Crippen LogP contribution in [-0.2, 0) is 27.9 Å². The van der Waals surface area contributed by atoms with E-state index in [1.807, 2.05) is 18.5 Å². The first kappa shape index (κ1) is 14.0. The van der Waals surface area contributed by atoms with Gasteiger partial charge in [0.25, 0.3) is 0 Å². The molecule has 0 spiro atoms. The van der Waals surface area contributed by atoms with Crippen LogP contribution in [0.15, 0.2) is 0 Å². The molecule has 0 bridgehead atoms. The van der Waals surface area contributed by atoms with Crippen LogP contribution in [0.1, 0.15) is 37.3 Å². The van der Waals surface area contributed by atoms with Crippen molar-refractivity contribution in [1.82, 2.24) is 14.8 Å². The number of methoxy groups -OCH3 is 1. The molecule has 2 rings (SSSR count). The van der Waals surface area contributed by atoms with E-state index in [2.05, 4.69) is 10.2 Å². The molecule has 6 heteroatoms. The van der Waals surface area contributed by atoms with Crippen LogP contribution < -0.4 is 0 Å². The number of hydrogen-bond donors (Lipinski definition) is 0. The van der Waals surface area contributed by atoms with E-state index in [0.29, 0.717) is 6.61 Å². The third kappa shape index (κ3) is 3.32. The quantitative estimate of drug-likeness (QED) is 0.771. The number of rotatable bonds is 4. The van der Waals surface area contributed by atoms with Crippen molar-refractivity contribution in [1.29, 1.82) is 0 Å². The van der Waals surface area contributed by atoms with Gasteiger partial charge in [0, 0.05) is 7.05 Å². The molecule has 0 N–H and O–H groups in total. The molecule has 19 heavy (non-hydrogen) atoms. The Morgan fingerprint density at radius 2 is 2.00 bits per heavy atom. The first-order valence-corrected chi connectivity index (χ1v) is 6.66. The standard InChI is InChI=1S/C13H21N3O3/c1-9-14-15-12(16(9)2)8-19-11-6-4-10(5-7-11)13(17)18-3/h10-11H,4-8H2,1-3H3. The lowest BCUT2D eigenvalue weighted by Gasteiger charge is -2.26. The zero-order valence-corrected chi connectivity index (χ0v) is 11.8. The number of nitrogens with zero attached hydrogens (tertiary/aromatic N) is 3. The molecule has 1 aromatic rings. The summed E-state index contributed by atoms with van der Waals surface area (Å²) in [6.45, 7) is 2.39. The number of ether oxygens (including phenoxy) is 2. The van der Waals surface area contributed by atoms with Crippen molar-refractivity contribution in [2.75, 3.05) is 7.11 Å². The molecule has 0 aromatic carbocycles. The normalized spacial score (nSPS) is 23.3. The summed E-state index contributed by atoms with van der Waals surface area (Å²) in [5.74, 6) is 1.67. The van der Waals surface area contributed by atoms with Gasteiger partial charge in [-0.15, -0.1) is 10.2 Å².